The number of carbonyl (C=O) groups is 2. The number of amides is 2. The van der Waals surface area contributed by atoms with Crippen molar-refractivity contribution < 1.29 is 14.3 Å². The standard InChI is InChI=1S/C15H27N5O3/c1-15(2,3)23-14(22)20-10-6-4-9(5-7-10)19-12(17)11(8-16)13(18)21/h8-10H,4-7,16H2,1-3H3,(H2,17,19)(H2,18,21)(H,20,22). The van der Waals surface area contributed by atoms with E-state index < -0.39 is 17.6 Å². The Morgan fingerprint density at radius 1 is 1.17 bits per heavy atom. The first kappa shape index (κ1) is 18.8. The molecule has 1 aliphatic rings. The lowest BCUT2D eigenvalue weighted by Crippen LogP contribution is -2.41. The van der Waals surface area contributed by atoms with E-state index in [0.29, 0.717) is 0 Å². The largest absolute Gasteiger partial charge is 0.444 e. The van der Waals surface area contributed by atoms with Crippen LogP contribution in [0.2, 0.25) is 0 Å². The van der Waals surface area contributed by atoms with Crippen molar-refractivity contribution in [3.05, 3.63) is 11.8 Å². The molecule has 23 heavy (non-hydrogen) atoms. The summed E-state index contributed by atoms with van der Waals surface area (Å²) in [5, 5.41) is 2.86. The van der Waals surface area contributed by atoms with Gasteiger partial charge in [0.05, 0.1) is 11.6 Å². The molecule has 0 aliphatic heterocycles. The fourth-order valence-electron chi connectivity index (χ4n) is 2.38. The lowest BCUT2D eigenvalue weighted by Gasteiger charge is -2.28. The second-order valence-electron chi connectivity index (χ2n) is 6.61. The molecule has 1 saturated carbocycles. The smallest absolute Gasteiger partial charge is 0.407 e. The third-order valence-corrected chi connectivity index (χ3v) is 3.45. The minimum Gasteiger partial charge on any atom is -0.444 e. The minimum absolute atomic E-state index is 0.0130. The first-order valence-electron chi connectivity index (χ1n) is 7.67. The van der Waals surface area contributed by atoms with Gasteiger partial charge in [0.25, 0.3) is 5.91 Å². The van der Waals surface area contributed by atoms with E-state index >= 15 is 0 Å². The van der Waals surface area contributed by atoms with Gasteiger partial charge in [-0.25, -0.2) is 4.79 Å². The predicted molar refractivity (Wildman–Crippen MR) is 88.5 cm³/mol. The summed E-state index contributed by atoms with van der Waals surface area (Å²) in [4.78, 5) is 27.2. The van der Waals surface area contributed by atoms with Crippen LogP contribution < -0.4 is 22.5 Å². The van der Waals surface area contributed by atoms with E-state index in [2.05, 4.69) is 10.3 Å². The minimum atomic E-state index is -0.700. The van der Waals surface area contributed by atoms with Crippen molar-refractivity contribution in [1.82, 2.24) is 5.32 Å². The molecule has 0 aromatic rings. The highest BCUT2D eigenvalue weighted by atomic mass is 16.6. The van der Waals surface area contributed by atoms with Crippen molar-refractivity contribution in [3.8, 4) is 0 Å². The molecule has 8 heteroatoms. The van der Waals surface area contributed by atoms with Crippen LogP contribution in [0, 0.1) is 0 Å². The maximum Gasteiger partial charge on any atom is 0.407 e. The highest BCUT2D eigenvalue weighted by Gasteiger charge is 2.25. The molecular formula is C15H27N5O3. The average Bonchev–Trinajstić information content (AvgIpc) is 2.39. The third-order valence-electron chi connectivity index (χ3n) is 3.45. The Labute approximate surface area is 136 Å². The normalized spacial score (nSPS) is 23.3. The lowest BCUT2D eigenvalue weighted by atomic mass is 9.91. The second kappa shape index (κ2) is 7.85. The van der Waals surface area contributed by atoms with Gasteiger partial charge in [-0.05, 0) is 46.5 Å². The van der Waals surface area contributed by atoms with Crippen molar-refractivity contribution in [2.45, 2.75) is 64.1 Å². The number of carbonyl (C=O) groups excluding carboxylic acids is 2. The summed E-state index contributed by atoms with van der Waals surface area (Å²) >= 11 is 0. The van der Waals surface area contributed by atoms with Crippen molar-refractivity contribution in [2.24, 2.45) is 22.2 Å². The molecule has 2 amide bonds. The topological polar surface area (TPSA) is 146 Å². The summed E-state index contributed by atoms with van der Waals surface area (Å²) in [6.07, 6.45) is 3.68. The number of nitrogens with two attached hydrogens (primary N) is 3. The van der Waals surface area contributed by atoms with Crippen LogP contribution >= 0.6 is 0 Å². The van der Waals surface area contributed by atoms with Gasteiger partial charge in [0.1, 0.15) is 11.4 Å². The highest BCUT2D eigenvalue weighted by molar-refractivity contribution is 6.19. The van der Waals surface area contributed by atoms with Crippen molar-refractivity contribution in [1.29, 1.82) is 0 Å². The van der Waals surface area contributed by atoms with E-state index in [4.69, 9.17) is 21.9 Å². The number of amidine groups is 1. The van der Waals surface area contributed by atoms with E-state index in [0.717, 1.165) is 31.9 Å². The van der Waals surface area contributed by atoms with E-state index in [1.165, 1.54) is 0 Å². The van der Waals surface area contributed by atoms with Gasteiger partial charge >= 0.3 is 6.09 Å². The number of hydrogen-bond donors (Lipinski definition) is 4. The van der Waals surface area contributed by atoms with Crippen LogP contribution in [0.15, 0.2) is 16.8 Å². The fourth-order valence-corrected chi connectivity index (χ4v) is 2.38. The molecule has 8 nitrogen and oxygen atoms in total. The molecule has 0 unspecified atom stereocenters. The molecule has 1 rings (SSSR count). The monoisotopic (exact) mass is 325 g/mol. The predicted octanol–water partition coefficient (Wildman–Crippen LogP) is 0.507. The Morgan fingerprint density at radius 3 is 2.17 bits per heavy atom. The fraction of sp³-hybridized carbons (Fsp3) is 0.667. The average molecular weight is 325 g/mol. The number of alkyl carbamates (subject to hydrolysis) is 1. The van der Waals surface area contributed by atoms with Crippen molar-refractivity contribution in [2.75, 3.05) is 0 Å². The first-order chi connectivity index (χ1) is 10.6. The molecule has 0 heterocycles. The van der Waals surface area contributed by atoms with E-state index in [1.807, 2.05) is 20.8 Å². The van der Waals surface area contributed by atoms with Gasteiger partial charge in [0.15, 0.2) is 0 Å². The maximum atomic E-state index is 11.7. The van der Waals surface area contributed by atoms with Crippen LogP contribution in [-0.4, -0.2) is 35.5 Å². The number of nitrogens with zero attached hydrogens (tertiary/aromatic N) is 1. The van der Waals surface area contributed by atoms with Crippen LogP contribution in [0.4, 0.5) is 4.79 Å². The van der Waals surface area contributed by atoms with Crippen molar-refractivity contribution >= 4 is 17.8 Å². The third kappa shape index (κ3) is 6.58. The SMILES string of the molecule is CC(C)(C)OC(=O)NC1CCC(N=C(N)C(=CN)C(N)=O)CC1. The first-order valence-corrected chi connectivity index (χ1v) is 7.67. The number of hydrogen-bond acceptors (Lipinski definition) is 5. The molecule has 0 aromatic heterocycles. The van der Waals surface area contributed by atoms with E-state index in [9.17, 15) is 9.59 Å². The molecular weight excluding hydrogens is 298 g/mol. The summed E-state index contributed by atoms with van der Waals surface area (Å²) in [6, 6.07) is 0.0409. The summed E-state index contributed by atoms with van der Waals surface area (Å²) in [6.45, 7) is 5.47. The summed E-state index contributed by atoms with van der Waals surface area (Å²) < 4.78 is 5.23. The van der Waals surface area contributed by atoms with Gasteiger partial charge in [0, 0.05) is 12.2 Å². The number of rotatable bonds is 4. The van der Waals surface area contributed by atoms with Gasteiger partial charge < -0.3 is 27.3 Å². The van der Waals surface area contributed by atoms with E-state index in [1.54, 1.807) is 0 Å². The van der Waals surface area contributed by atoms with Crippen LogP contribution in [0.5, 0.6) is 0 Å². The summed E-state index contributed by atoms with van der Waals surface area (Å²) in [5.74, 6) is -0.641. The number of aliphatic imine (C=N–C) groups is 1. The van der Waals surface area contributed by atoms with Crippen LogP contribution in [0.25, 0.3) is 0 Å². The zero-order valence-corrected chi connectivity index (χ0v) is 14.0. The zero-order valence-electron chi connectivity index (χ0n) is 14.0. The molecule has 7 N–H and O–H groups in total. The van der Waals surface area contributed by atoms with Gasteiger partial charge in [-0.2, -0.15) is 0 Å². The van der Waals surface area contributed by atoms with Crippen LogP contribution in [-0.2, 0) is 9.53 Å². The molecule has 130 valence electrons. The number of primary amides is 1. The quantitative estimate of drug-likeness (QED) is 0.338. The Kier molecular flexibility index (Phi) is 6.41. The Bertz CT molecular complexity index is 500. The molecule has 1 aliphatic carbocycles. The molecule has 0 bridgehead atoms. The summed E-state index contributed by atoms with van der Waals surface area (Å²) in [7, 11) is 0. The number of ether oxygens (including phenoxy) is 1. The molecule has 0 spiro atoms. The number of nitrogens with one attached hydrogen (secondary N) is 1. The maximum absolute atomic E-state index is 11.7. The Hall–Kier alpha value is -2.25. The van der Waals surface area contributed by atoms with Crippen LogP contribution in [0.1, 0.15) is 46.5 Å². The van der Waals surface area contributed by atoms with Gasteiger partial charge in [-0.1, -0.05) is 0 Å². The van der Waals surface area contributed by atoms with Crippen LogP contribution in [0.3, 0.4) is 0 Å². The van der Waals surface area contributed by atoms with Gasteiger partial charge in [-0.3, -0.25) is 9.79 Å². The van der Waals surface area contributed by atoms with Gasteiger partial charge in [-0.15, -0.1) is 0 Å². The highest BCUT2D eigenvalue weighted by Crippen LogP contribution is 2.22. The second-order valence-corrected chi connectivity index (χ2v) is 6.61. The molecule has 0 radical (unpaired) electrons. The molecule has 1 fully saturated rings. The Morgan fingerprint density at radius 2 is 1.74 bits per heavy atom. The summed E-state index contributed by atoms with van der Waals surface area (Å²) in [5.41, 5.74) is 15.8. The Balaban J connectivity index is 2.50. The lowest BCUT2D eigenvalue weighted by molar-refractivity contribution is -0.114. The molecule has 0 atom stereocenters. The van der Waals surface area contributed by atoms with Gasteiger partial charge in [0.2, 0.25) is 0 Å². The zero-order chi connectivity index (χ0) is 17.6. The molecule has 0 aromatic carbocycles. The van der Waals surface area contributed by atoms with E-state index in [-0.39, 0.29) is 23.5 Å². The van der Waals surface area contributed by atoms with Crippen molar-refractivity contribution in [3.63, 3.8) is 0 Å². The molecule has 0 saturated heterocycles.